The lowest BCUT2D eigenvalue weighted by Gasteiger charge is -2.16. The van der Waals surface area contributed by atoms with Gasteiger partial charge in [0.15, 0.2) is 0 Å². The van der Waals surface area contributed by atoms with Crippen LogP contribution in [0.3, 0.4) is 0 Å². The summed E-state index contributed by atoms with van der Waals surface area (Å²) in [6, 6.07) is 6.88. The number of hydrogen-bond acceptors (Lipinski definition) is 4. The van der Waals surface area contributed by atoms with Gasteiger partial charge >= 0.3 is 6.09 Å². The van der Waals surface area contributed by atoms with Crippen LogP contribution in [0.2, 0.25) is 0 Å². The largest absolute Gasteiger partial charge is 0.445 e. The second-order valence-corrected chi connectivity index (χ2v) is 4.89. The summed E-state index contributed by atoms with van der Waals surface area (Å²) in [7, 11) is 0. The third kappa shape index (κ3) is 4.97. The minimum Gasteiger partial charge on any atom is -0.274 e. The van der Waals surface area contributed by atoms with E-state index in [1.807, 2.05) is 13.0 Å². The van der Waals surface area contributed by atoms with Crippen LogP contribution in [0.25, 0.3) is 0 Å². The lowest BCUT2D eigenvalue weighted by molar-refractivity contribution is -0.299. The molecule has 0 radical (unpaired) electrons. The van der Waals surface area contributed by atoms with Crippen LogP contribution < -0.4 is 5.32 Å². The summed E-state index contributed by atoms with van der Waals surface area (Å²) in [5, 5.41) is 2.07. The lowest BCUT2D eigenvalue weighted by Crippen LogP contribution is -2.33. The number of aryl methyl sites for hydroxylation is 1. The molecule has 1 N–H and O–H groups in total. The van der Waals surface area contributed by atoms with Gasteiger partial charge in [0, 0.05) is 5.56 Å². The lowest BCUT2D eigenvalue weighted by atomic mass is 10.1. The molecule has 0 unspecified atom stereocenters. The summed E-state index contributed by atoms with van der Waals surface area (Å²) in [4.78, 5) is 32.2. The van der Waals surface area contributed by atoms with Crippen LogP contribution in [0.4, 0.5) is 4.79 Å². The SMILES string of the molecule is Cc1cccc(C(=O)NC(=O)OOC(C)(C)C)c1. The maximum absolute atomic E-state index is 11.7. The molecule has 18 heavy (non-hydrogen) atoms. The zero-order chi connectivity index (χ0) is 13.8. The molecule has 2 amide bonds. The normalized spacial score (nSPS) is 10.9. The Morgan fingerprint density at radius 3 is 2.44 bits per heavy atom. The number of rotatable bonds is 2. The predicted molar refractivity (Wildman–Crippen MR) is 66.0 cm³/mol. The molecular formula is C13H17NO4. The van der Waals surface area contributed by atoms with Crippen molar-refractivity contribution in [2.75, 3.05) is 0 Å². The smallest absolute Gasteiger partial charge is 0.274 e. The molecule has 98 valence electrons. The zero-order valence-corrected chi connectivity index (χ0v) is 10.9. The first-order valence-electron chi connectivity index (χ1n) is 5.55. The fourth-order valence-corrected chi connectivity index (χ4v) is 1.13. The van der Waals surface area contributed by atoms with Crippen LogP contribution in [-0.4, -0.2) is 17.6 Å². The average Bonchev–Trinajstić information content (AvgIpc) is 2.25. The molecule has 1 aromatic rings. The summed E-state index contributed by atoms with van der Waals surface area (Å²) in [5.41, 5.74) is 0.702. The molecule has 0 bridgehead atoms. The summed E-state index contributed by atoms with van der Waals surface area (Å²) >= 11 is 0. The van der Waals surface area contributed by atoms with Gasteiger partial charge in [-0.25, -0.2) is 4.79 Å². The van der Waals surface area contributed by atoms with Gasteiger partial charge in [0.25, 0.3) is 5.91 Å². The molecule has 0 fully saturated rings. The van der Waals surface area contributed by atoms with E-state index >= 15 is 0 Å². The van der Waals surface area contributed by atoms with E-state index in [0.717, 1.165) is 5.56 Å². The topological polar surface area (TPSA) is 64.6 Å². The van der Waals surface area contributed by atoms with Crippen LogP contribution in [-0.2, 0) is 9.78 Å². The molecule has 0 aliphatic carbocycles. The van der Waals surface area contributed by atoms with Gasteiger partial charge in [0.05, 0.1) is 0 Å². The van der Waals surface area contributed by atoms with Crippen molar-refractivity contribution in [2.45, 2.75) is 33.3 Å². The molecule has 0 atom stereocenters. The van der Waals surface area contributed by atoms with Crippen molar-refractivity contribution in [1.29, 1.82) is 0 Å². The second kappa shape index (κ2) is 5.64. The molecule has 1 aromatic carbocycles. The number of imide groups is 1. The van der Waals surface area contributed by atoms with Gasteiger partial charge in [0.2, 0.25) is 0 Å². The van der Waals surface area contributed by atoms with Crippen LogP contribution in [0.15, 0.2) is 24.3 Å². The number of carbonyl (C=O) groups is 2. The first-order valence-corrected chi connectivity index (χ1v) is 5.55. The maximum Gasteiger partial charge on any atom is 0.445 e. The minimum absolute atomic E-state index is 0.391. The minimum atomic E-state index is -0.934. The Hall–Kier alpha value is -1.88. The first kappa shape index (κ1) is 14.2. The Kier molecular flexibility index (Phi) is 4.44. The van der Waals surface area contributed by atoms with E-state index in [1.54, 1.807) is 39.0 Å². The predicted octanol–water partition coefficient (Wildman–Crippen LogP) is 2.59. The highest BCUT2D eigenvalue weighted by Gasteiger charge is 2.17. The molecule has 5 heteroatoms. The average molecular weight is 251 g/mol. The summed E-state index contributed by atoms with van der Waals surface area (Å²) in [6.45, 7) is 7.03. The van der Waals surface area contributed by atoms with Crippen LogP contribution >= 0.6 is 0 Å². The van der Waals surface area contributed by atoms with Gasteiger partial charge in [-0.15, -0.1) is 0 Å². The van der Waals surface area contributed by atoms with Gasteiger partial charge in [-0.2, -0.15) is 4.89 Å². The first-order chi connectivity index (χ1) is 8.28. The number of amides is 2. The fraction of sp³-hybridized carbons (Fsp3) is 0.385. The summed E-state index contributed by atoms with van der Waals surface area (Å²) in [6.07, 6.45) is -0.934. The Morgan fingerprint density at radius 1 is 1.22 bits per heavy atom. The van der Waals surface area contributed by atoms with Gasteiger partial charge in [0.1, 0.15) is 5.60 Å². The molecule has 0 spiro atoms. The molecule has 0 aromatic heterocycles. The third-order valence-electron chi connectivity index (χ3n) is 1.86. The van der Waals surface area contributed by atoms with E-state index in [1.165, 1.54) is 0 Å². The standard InChI is InChI=1S/C13H17NO4/c1-9-6-5-7-10(8-9)11(15)14-12(16)17-18-13(2,3)4/h5-8H,1-4H3,(H,14,15,16). The van der Waals surface area contributed by atoms with Crippen molar-refractivity contribution in [3.8, 4) is 0 Å². The van der Waals surface area contributed by atoms with E-state index < -0.39 is 17.6 Å². The molecular weight excluding hydrogens is 234 g/mol. The monoisotopic (exact) mass is 251 g/mol. The van der Waals surface area contributed by atoms with Gasteiger partial charge in [-0.05, 0) is 39.8 Å². The van der Waals surface area contributed by atoms with Crippen LogP contribution in [0.5, 0.6) is 0 Å². The van der Waals surface area contributed by atoms with E-state index in [-0.39, 0.29) is 0 Å². The molecule has 0 aliphatic heterocycles. The van der Waals surface area contributed by atoms with Crippen molar-refractivity contribution < 1.29 is 19.4 Å². The summed E-state index contributed by atoms with van der Waals surface area (Å²) < 4.78 is 0. The highest BCUT2D eigenvalue weighted by atomic mass is 17.2. The van der Waals surface area contributed by atoms with Crippen molar-refractivity contribution in [3.05, 3.63) is 35.4 Å². The Morgan fingerprint density at radius 2 is 1.89 bits per heavy atom. The number of hydrogen-bond donors (Lipinski definition) is 1. The third-order valence-corrected chi connectivity index (χ3v) is 1.86. The zero-order valence-electron chi connectivity index (χ0n) is 10.9. The van der Waals surface area contributed by atoms with Gasteiger partial charge < -0.3 is 0 Å². The Labute approximate surface area is 106 Å². The number of benzene rings is 1. The van der Waals surface area contributed by atoms with Crippen molar-refractivity contribution in [3.63, 3.8) is 0 Å². The van der Waals surface area contributed by atoms with Crippen molar-refractivity contribution in [2.24, 2.45) is 0 Å². The molecule has 0 saturated heterocycles. The molecule has 0 aliphatic rings. The van der Waals surface area contributed by atoms with E-state index in [2.05, 4.69) is 10.2 Å². The highest BCUT2D eigenvalue weighted by molar-refractivity contribution is 6.02. The number of carbonyl (C=O) groups excluding carboxylic acids is 2. The Bertz CT molecular complexity index is 449. The van der Waals surface area contributed by atoms with Gasteiger partial charge in [-0.1, -0.05) is 17.7 Å². The quantitative estimate of drug-likeness (QED) is 0.648. The molecule has 0 saturated carbocycles. The van der Waals surface area contributed by atoms with Crippen molar-refractivity contribution in [1.82, 2.24) is 5.32 Å². The van der Waals surface area contributed by atoms with Crippen LogP contribution in [0.1, 0.15) is 36.7 Å². The highest BCUT2D eigenvalue weighted by Crippen LogP contribution is 2.07. The number of nitrogens with one attached hydrogen (secondary N) is 1. The Balaban J connectivity index is 2.53. The molecule has 0 heterocycles. The maximum atomic E-state index is 11.7. The fourth-order valence-electron chi connectivity index (χ4n) is 1.13. The van der Waals surface area contributed by atoms with E-state index in [4.69, 9.17) is 4.89 Å². The summed E-state index contributed by atoms with van der Waals surface area (Å²) in [5.74, 6) is -0.527. The van der Waals surface area contributed by atoms with Crippen molar-refractivity contribution >= 4 is 12.0 Å². The van der Waals surface area contributed by atoms with Crippen LogP contribution in [0, 0.1) is 6.92 Å². The van der Waals surface area contributed by atoms with Gasteiger partial charge in [-0.3, -0.25) is 15.0 Å². The van der Waals surface area contributed by atoms with E-state index in [9.17, 15) is 9.59 Å². The molecule has 1 rings (SSSR count). The van der Waals surface area contributed by atoms with E-state index in [0.29, 0.717) is 5.56 Å². The second-order valence-electron chi connectivity index (χ2n) is 4.89. The molecule has 5 nitrogen and oxygen atoms in total.